The molecule has 0 aliphatic heterocycles. The van der Waals surface area contributed by atoms with E-state index in [9.17, 15) is 19.7 Å². The van der Waals surface area contributed by atoms with E-state index in [1.54, 1.807) is 11.9 Å². The average molecular weight is 334 g/mol. The van der Waals surface area contributed by atoms with E-state index < -0.39 is 4.92 Å². The van der Waals surface area contributed by atoms with E-state index in [0.717, 1.165) is 31.7 Å². The average Bonchev–Trinajstić information content (AvgIpc) is 2.59. The number of aldehydes is 1. The van der Waals surface area contributed by atoms with Gasteiger partial charge in [0.2, 0.25) is 0 Å². The largest absolute Gasteiger partial charge is 0.483 e. The highest BCUT2D eigenvalue weighted by atomic mass is 16.6. The molecule has 1 amide bonds. The molecule has 7 nitrogen and oxygen atoms in total. The highest BCUT2D eigenvalue weighted by Gasteiger charge is 2.25. The van der Waals surface area contributed by atoms with Gasteiger partial charge in [-0.1, -0.05) is 6.92 Å². The first-order valence-electron chi connectivity index (χ1n) is 8.04. The van der Waals surface area contributed by atoms with Crippen LogP contribution in [0, 0.1) is 16.0 Å². The van der Waals surface area contributed by atoms with Crippen molar-refractivity contribution >= 4 is 17.9 Å². The second-order valence-electron chi connectivity index (χ2n) is 6.30. The minimum absolute atomic E-state index is 0.0612. The molecule has 2 rings (SSSR count). The van der Waals surface area contributed by atoms with Crippen LogP contribution in [0.2, 0.25) is 0 Å². The molecule has 0 saturated heterocycles. The van der Waals surface area contributed by atoms with Crippen LogP contribution in [0.5, 0.6) is 5.75 Å². The first-order valence-corrected chi connectivity index (χ1v) is 8.04. The SMILES string of the molecule is CC1CCC(N(C)C(=O)COc2ccc([N+](=O)[O-])cc2C=O)CC1. The van der Waals surface area contributed by atoms with E-state index in [4.69, 9.17) is 4.74 Å². The molecule has 1 saturated carbocycles. The van der Waals surface area contributed by atoms with Crippen molar-refractivity contribution in [1.29, 1.82) is 0 Å². The second-order valence-corrected chi connectivity index (χ2v) is 6.30. The standard InChI is InChI=1S/C17H22N2O5/c1-12-3-5-14(6-4-12)18(2)17(21)11-24-16-8-7-15(19(22)23)9-13(16)10-20/h7-10,12,14H,3-6,11H2,1-2H3. The maximum absolute atomic E-state index is 12.3. The number of ether oxygens (including phenoxy) is 1. The molecule has 0 atom stereocenters. The topological polar surface area (TPSA) is 89.8 Å². The number of hydrogen-bond donors (Lipinski definition) is 0. The Labute approximate surface area is 140 Å². The summed E-state index contributed by atoms with van der Waals surface area (Å²) in [6, 6.07) is 3.95. The Balaban J connectivity index is 1.96. The Morgan fingerprint density at radius 2 is 2.04 bits per heavy atom. The third kappa shape index (κ3) is 4.31. The van der Waals surface area contributed by atoms with Gasteiger partial charge in [0, 0.05) is 25.2 Å². The molecule has 0 bridgehead atoms. The quantitative estimate of drug-likeness (QED) is 0.453. The third-order valence-electron chi connectivity index (χ3n) is 4.61. The maximum atomic E-state index is 12.3. The second kappa shape index (κ2) is 7.90. The zero-order chi connectivity index (χ0) is 17.7. The highest BCUT2D eigenvalue weighted by molar-refractivity contribution is 5.82. The number of carbonyl (C=O) groups excluding carboxylic acids is 2. The Hall–Kier alpha value is -2.44. The number of rotatable bonds is 6. The molecule has 0 spiro atoms. The molecule has 1 fully saturated rings. The molecule has 0 heterocycles. The molecule has 1 aliphatic carbocycles. The molecule has 130 valence electrons. The fourth-order valence-electron chi connectivity index (χ4n) is 2.95. The van der Waals surface area contributed by atoms with Crippen LogP contribution < -0.4 is 4.74 Å². The maximum Gasteiger partial charge on any atom is 0.270 e. The number of nitro groups is 1. The van der Waals surface area contributed by atoms with Crippen molar-refractivity contribution < 1.29 is 19.2 Å². The minimum Gasteiger partial charge on any atom is -0.483 e. The van der Waals surface area contributed by atoms with Crippen molar-refractivity contribution in [3.63, 3.8) is 0 Å². The molecule has 0 N–H and O–H groups in total. The zero-order valence-electron chi connectivity index (χ0n) is 13.9. The van der Waals surface area contributed by atoms with E-state index in [1.165, 1.54) is 12.1 Å². The molecule has 1 aromatic carbocycles. The molecule has 1 aliphatic rings. The van der Waals surface area contributed by atoms with Gasteiger partial charge in [-0.3, -0.25) is 19.7 Å². The van der Waals surface area contributed by atoms with Gasteiger partial charge in [0.25, 0.3) is 11.6 Å². The van der Waals surface area contributed by atoms with Gasteiger partial charge in [-0.15, -0.1) is 0 Å². The number of benzene rings is 1. The fraction of sp³-hybridized carbons (Fsp3) is 0.529. The zero-order valence-corrected chi connectivity index (χ0v) is 13.9. The Morgan fingerprint density at radius 1 is 1.38 bits per heavy atom. The first kappa shape index (κ1) is 17.9. The van der Waals surface area contributed by atoms with Gasteiger partial charge < -0.3 is 9.64 Å². The van der Waals surface area contributed by atoms with Crippen molar-refractivity contribution in [3.05, 3.63) is 33.9 Å². The van der Waals surface area contributed by atoms with Crippen molar-refractivity contribution in [3.8, 4) is 5.75 Å². The lowest BCUT2D eigenvalue weighted by Crippen LogP contribution is -2.41. The minimum atomic E-state index is -0.584. The third-order valence-corrected chi connectivity index (χ3v) is 4.61. The van der Waals surface area contributed by atoms with Crippen molar-refractivity contribution in [2.45, 2.75) is 38.6 Å². The summed E-state index contributed by atoms with van der Waals surface area (Å²) in [6.07, 6.45) is 4.68. The normalized spacial score (nSPS) is 20.2. The van der Waals surface area contributed by atoms with Crippen LogP contribution in [0.15, 0.2) is 18.2 Å². The molecule has 0 unspecified atom stereocenters. The molecule has 0 aromatic heterocycles. The molecule has 0 radical (unpaired) electrons. The van der Waals surface area contributed by atoms with E-state index in [1.807, 2.05) is 0 Å². The van der Waals surface area contributed by atoms with Crippen molar-refractivity contribution in [1.82, 2.24) is 4.90 Å². The number of carbonyl (C=O) groups is 2. The fourth-order valence-corrected chi connectivity index (χ4v) is 2.95. The summed E-state index contributed by atoms with van der Waals surface area (Å²) in [5.74, 6) is 0.718. The summed E-state index contributed by atoms with van der Waals surface area (Å²) in [5.41, 5.74) is -0.129. The lowest BCUT2D eigenvalue weighted by Gasteiger charge is -2.33. The van der Waals surface area contributed by atoms with E-state index in [2.05, 4.69) is 6.92 Å². The van der Waals surface area contributed by atoms with Crippen LogP contribution in [-0.4, -0.2) is 41.7 Å². The predicted octanol–water partition coefficient (Wildman–Crippen LogP) is 2.82. The first-order chi connectivity index (χ1) is 11.4. The molecule has 24 heavy (non-hydrogen) atoms. The van der Waals surface area contributed by atoms with E-state index in [-0.39, 0.29) is 35.6 Å². The van der Waals surface area contributed by atoms with Crippen molar-refractivity contribution in [2.24, 2.45) is 5.92 Å². The molecular formula is C17H22N2O5. The number of hydrogen-bond acceptors (Lipinski definition) is 5. The monoisotopic (exact) mass is 334 g/mol. The Kier molecular flexibility index (Phi) is 5.89. The lowest BCUT2D eigenvalue weighted by atomic mass is 9.87. The Morgan fingerprint density at radius 3 is 2.62 bits per heavy atom. The van der Waals surface area contributed by atoms with Gasteiger partial charge >= 0.3 is 0 Å². The number of nitro benzene ring substituents is 1. The van der Waals surface area contributed by atoms with Crippen LogP contribution in [-0.2, 0) is 4.79 Å². The summed E-state index contributed by atoms with van der Waals surface area (Å²) in [5, 5.41) is 10.7. The van der Waals surface area contributed by atoms with E-state index >= 15 is 0 Å². The Bertz CT molecular complexity index is 623. The highest BCUT2D eigenvalue weighted by Crippen LogP contribution is 2.27. The molecule has 1 aromatic rings. The molecular weight excluding hydrogens is 312 g/mol. The van der Waals surface area contributed by atoms with E-state index in [0.29, 0.717) is 12.2 Å². The van der Waals surface area contributed by atoms with Crippen molar-refractivity contribution in [2.75, 3.05) is 13.7 Å². The summed E-state index contributed by atoms with van der Waals surface area (Å²) >= 11 is 0. The summed E-state index contributed by atoms with van der Waals surface area (Å²) in [4.78, 5) is 35.2. The smallest absolute Gasteiger partial charge is 0.270 e. The van der Waals surface area contributed by atoms with Gasteiger partial charge in [0.1, 0.15) is 5.75 Å². The summed E-state index contributed by atoms with van der Waals surface area (Å²) < 4.78 is 5.41. The number of amides is 1. The van der Waals surface area contributed by atoms with Crippen LogP contribution in [0.1, 0.15) is 43.0 Å². The lowest BCUT2D eigenvalue weighted by molar-refractivity contribution is -0.384. The van der Waals surface area contributed by atoms with Gasteiger partial charge in [-0.2, -0.15) is 0 Å². The van der Waals surface area contributed by atoms with Gasteiger partial charge in [-0.05, 0) is 37.7 Å². The predicted molar refractivity (Wildman–Crippen MR) is 88.2 cm³/mol. The summed E-state index contributed by atoms with van der Waals surface area (Å²) in [7, 11) is 1.77. The number of likely N-dealkylation sites (N-methyl/N-ethyl adjacent to an activating group) is 1. The number of non-ortho nitro benzene ring substituents is 1. The molecule has 7 heteroatoms. The summed E-state index contributed by atoms with van der Waals surface area (Å²) in [6.45, 7) is 2.03. The van der Waals surface area contributed by atoms with Gasteiger partial charge in [0.05, 0.1) is 10.5 Å². The number of nitrogens with zero attached hydrogens (tertiary/aromatic N) is 2. The van der Waals surface area contributed by atoms with Crippen LogP contribution >= 0.6 is 0 Å². The van der Waals surface area contributed by atoms with Crippen LogP contribution in [0.4, 0.5) is 5.69 Å². The van der Waals surface area contributed by atoms with Crippen LogP contribution in [0.3, 0.4) is 0 Å². The van der Waals surface area contributed by atoms with Gasteiger partial charge in [0.15, 0.2) is 12.9 Å². The van der Waals surface area contributed by atoms with Crippen LogP contribution in [0.25, 0.3) is 0 Å². The van der Waals surface area contributed by atoms with Gasteiger partial charge in [-0.25, -0.2) is 0 Å².